The average Bonchev–Trinajstić information content (AvgIpc) is 2.69. The maximum atomic E-state index is 11.1. The number of anilines is 2. The number of benzene rings is 2. The fourth-order valence-electron chi connectivity index (χ4n) is 2.92. The number of methoxy groups -OCH3 is 2. The van der Waals surface area contributed by atoms with Crippen LogP contribution in [0.4, 0.5) is 11.8 Å². The number of carbonyl (C=O) groups is 1. The molecule has 5 N–H and O–H groups in total. The average molecular weight is 380 g/mol. The molecule has 28 heavy (non-hydrogen) atoms. The quantitative estimate of drug-likeness (QED) is 0.594. The zero-order valence-electron chi connectivity index (χ0n) is 15.5. The first-order valence-electron chi connectivity index (χ1n) is 8.38. The van der Waals surface area contributed by atoms with Gasteiger partial charge in [-0.1, -0.05) is 12.1 Å². The van der Waals surface area contributed by atoms with Gasteiger partial charge >= 0.3 is 5.97 Å². The van der Waals surface area contributed by atoms with E-state index in [2.05, 4.69) is 9.97 Å². The number of nitrogen functional groups attached to an aromatic ring is 2. The predicted molar refractivity (Wildman–Crippen MR) is 106 cm³/mol. The molecule has 8 heteroatoms. The van der Waals surface area contributed by atoms with Crippen molar-refractivity contribution in [3.63, 3.8) is 0 Å². The van der Waals surface area contributed by atoms with Crippen molar-refractivity contribution < 1.29 is 19.4 Å². The van der Waals surface area contributed by atoms with Gasteiger partial charge < -0.3 is 26.0 Å². The van der Waals surface area contributed by atoms with Crippen molar-refractivity contribution >= 4 is 17.7 Å². The lowest BCUT2D eigenvalue weighted by Crippen LogP contribution is -2.04. The van der Waals surface area contributed by atoms with Crippen LogP contribution >= 0.6 is 0 Å². The summed E-state index contributed by atoms with van der Waals surface area (Å²) in [5, 5.41) is 9.11. The number of hydrogen-bond acceptors (Lipinski definition) is 7. The van der Waals surface area contributed by atoms with Crippen LogP contribution in [0.1, 0.15) is 21.5 Å². The van der Waals surface area contributed by atoms with Crippen molar-refractivity contribution in [3.05, 3.63) is 59.3 Å². The lowest BCUT2D eigenvalue weighted by atomic mass is 9.97. The van der Waals surface area contributed by atoms with Gasteiger partial charge in [0.25, 0.3) is 0 Å². The van der Waals surface area contributed by atoms with E-state index in [0.717, 1.165) is 22.3 Å². The molecule has 0 fully saturated rings. The Morgan fingerprint density at radius 1 is 1.11 bits per heavy atom. The SMILES string of the molecule is COc1cc(Cc2cnc(N)nc2N)cc(-c2ccc(C(=O)O)cc2)c1OC. The second-order valence-corrected chi connectivity index (χ2v) is 6.08. The molecule has 1 heterocycles. The fourth-order valence-corrected chi connectivity index (χ4v) is 2.92. The molecule has 0 aliphatic heterocycles. The van der Waals surface area contributed by atoms with Crippen molar-refractivity contribution in [3.8, 4) is 22.6 Å². The van der Waals surface area contributed by atoms with E-state index in [0.29, 0.717) is 23.7 Å². The zero-order chi connectivity index (χ0) is 20.3. The molecular weight excluding hydrogens is 360 g/mol. The monoisotopic (exact) mass is 380 g/mol. The van der Waals surface area contributed by atoms with Gasteiger partial charge in [-0.3, -0.25) is 0 Å². The molecule has 0 radical (unpaired) electrons. The minimum atomic E-state index is -0.983. The van der Waals surface area contributed by atoms with Crippen molar-refractivity contribution in [1.82, 2.24) is 9.97 Å². The summed E-state index contributed by atoms with van der Waals surface area (Å²) in [5.41, 5.74) is 14.9. The molecule has 3 aromatic rings. The fraction of sp³-hybridized carbons (Fsp3) is 0.150. The molecule has 0 amide bonds. The normalized spacial score (nSPS) is 10.5. The Bertz CT molecular complexity index is 1020. The van der Waals surface area contributed by atoms with E-state index in [1.54, 1.807) is 44.7 Å². The van der Waals surface area contributed by atoms with E-state index >= 15 is 0 Å². The number of nitrogens with two attached hydrogens (primary N) is 2. The predicted octanol–water partition coefficient (Wildman–Crippen LogP) is 2.61. The second-order valence-electron chi connectivity index (χ2n) is 6.08. The number of rotatable bonds is 6. The summed E-state index contributed by atoms with van der Waals surface area (Å²) in [6.07, 6.45) is 2.06. The molecule has 0 aliphatic carbocycles. The summed E-state index contributed by atoms with van der Waals surface area (Å²) < 4.78 is 11.0. The molecule has 0 saturated carbocycles. The third-order valence-electron chi connectivity index (χ3n) is 4.29. The van der Waals surface area contributed by atoms with Crippen LogP contribution in [0.25, 0.3) is 11.1 Å². The van der Waals surface area contributed by atoms with Crippen LogP contribution in [0.2, 0.25) is 0 Å². The third-order valence-corrected chi connectivity index (χ3v) is 4.29. The first kappa shape index (κ1) is 19.0. The second kappa shape index (κ2) is 7.83. The van der Waals surface area contributed by atoms with Gasteiger partial charge in [-0.05, 0) is 35.4 Å². The van der Waals surface area contributed by atoms with Crippen LogP contribution in [0, 0.1) is 0 Å². The molecule has 144 valence electrons. The van der Waals surface area contributed by atoms with Gasteiger partial charge in [0.15, 0.2) is 11.5 Å². The summed E-state index contributed by atoms with van der Waals surface area (Å²) in [7, 11) is 3.11. The first-order valence-corrected chi connectivity index (χ1v) is 8.38. The lowest BCUT2D eigenvalue weighted by Gasteiger charge is -2.16. The van der Waals surface area contributed by atoms with Gasteiger partial charge in [0.05, 0.1) is 19.8 Å². The summed E-state index contributed by atoms with van der Waals surface area (Å²) in [4.78, 5) is 19.1. The topological polar surface area (TPSA) is 134 Å². The number of aromatic nitrogens is 2. The Morgan fingerprint density at radius 2 is 1.82 bits per heavy atom. The number of carboxylic acid groups (broad SMARTS) is 1. The molecule has 0 unspecified atom stereocenters. The van der Waals surface area contributed by atoms with E-state index in [1.165, 1.54) is 0 Å². The summed E-state index contributed by atoms with van der Waals surface area (Å²) in [6.45, 7) is 0. The molecule has 1 aromatic heterocycles. The lowest BCUT2D eigenvalue weighted by molar-refractivity contribution is 0.0697. The molecule has 0 spiro atoms. The molecule has 0 aliphatic rings. The molecule has 2 aromatic carbocycles. The van der Waals surface area contributed by atoms with Crippen molar-refractivity contribution in [2.24, 2.45) is 0 Å². The van der Waals surface area contributed by atoms with Crippen LogP contribution < -0.4 is 20.9 Å². The van der Waals surface area contributed by atoms with Crippen molar-refractivity contribution in [2.45, 2.75) is 6.42 Å². The van der Waals surface area contributed by atoms with Gasteiger partial charge in [-0.2, -0.15) is 4.98 Å². The Morgan fingerprint density at radius 3 is 2.39 bits per heavy atom. The van der Waals surface area contributed by atoms with Crippen molar-refractivity contribution in [2.75, 3.05) is 25.7 Å². The standard InChI is InChI=1S/C20H20N4O4/c1-27-16-9-11(7-14-10-23-20(22)24-18(14)21)8-15(17(16)28-2)12-3-5-13(6-4-12)19(25)26/h3-6,8-10H,7H2,1-2H3,(H,25,26)(H4,21,22,23,24). The van der Waals surface area contributed by atoms with E-state index in [9.17, 15) is 4.79 Å². The minimum Gasteiger partial charge on any atom is -0.493 e. The highest BCUT2D eigenvalue weighted by Crippen LogP contribution is 2.40. The van der Waals surface area contributed by atoms with Gasteiger partial charge in [0, 0.05) is 23.7 Å². The van der Waals surface area contributed by atoms with Crippen molar-refractivity contribution in [1.29, 1.82) is 0 Å². The molecular formula is C20H20N4O4. The van der Waals surface area contributed by atoms with Gasteiger partial charge in [-0.25, -0.2) is 9.78 Å². The molecule has 0 bridgehead atoms. The largest absolute Gasteiger partial charge is 0.493 e. The van der Waals surface area contributed by atoms with E-state index < -0.39 is 5.97 Å². The van der Waals surface area contributed by atoms with Crippen LogP contribution in [0.15, 0.2) is 42.6 Å². The minimum absolute atomic E-state index is 0.118. The van der Waals surface area contributed by atoms with Crippen LogP contribution in [0.5, 0.6) is 11.5 Å². The molecule has 0 saturated heterocycles. The maximum Gasteiger partial charge on any atom is 0.335 e. The summed E-state index contributed by atoms with van der Waals surface area (Å²) in [5.74, 6) is 0.550. The van der Waals surface area contributed by atoms with Gasteiger partial charge in [0.1, 0.15) is 5.82 Å². The number of nitrogens with zero attached hydrogens (tertiary/aromatic N) is 2. The van der Waals surface area contributed by atoms with Crippen LogP contribution in [0.3, 0.4) is 0 Å². The van der Waals surface area contributed by atoms with E-state index in [1.807, 2.05) is 12.1 Å². The van der Waals surface area contributed by atoms with Crippen LogP contribution in [-0.2, 0) is 6.42 Å². The number of hydrogen-bond donors (Lipinski definition) is 3. The summed E-state index contributed by atoms with van der Waals surface area (Å²) in [6, 6.07) is 10.3. The highest BCUT2D eigenvalue weighted by atomic mass is 16.5. The molecule has 0 atom stereocenters. The van der Waals surface area contributed by atoms with E-state index in [-0.39, 0.29) is 11.5 Å². The Labute approximate surface area is 161 Å². The first-order chi connectivity index (χ1) is 13.4. The molecule has 8 nitrogen and oxygen atoms in total. The summed E-state index contributed by atoms with van der Waals surface area (Å²) >= 11 is 0. The third kappa shape index (κ3) is 3.80. The number of carboxylic acids is 1. The highest BCUT2D eigenvalue weighted by molar-refractivity contribution is 5.88. The Hall–Kier alpha value is -3.81. The van der Waals surface area contributed by atoms with Gasteiger partial charge in [-0.15, -0.1) is 0 Å². The number of aromatic carboxylic acids is 1. The van der Waals surface area contributed by atoms with E-state index in [4.69, 9.17) is 26.0 Å². The van der Waals surface area contributed by atoms with Gasteiger partial charge in [0.2, 0.25) is 5.95 Å². The zero-order valence-corrected chi connectivity index (χ0v) is 15.5. The Balaban J connectivity index is 2.07. The molecule has 3 rings (SSSR count). The number of ether oxygens (including phenoxy) is 2. The van der Waals surface area contributed by atoms with Crippen LogP contribution in [-0.4, -0.2) is 35.3 Å². The smallest absolute Gasteiger partial charge is 0.335 e. The maximum absolute atomic E-state index is 11.1. The Kier molecular flexibility index (Phi) is 5.30. The highest BCUT2D eigenvalue weighted by Gasteiger charge is 2.16.